The van der Waals surface area contributed by atoms with Crippen molar-refractivity contribution in [1.82, 2.24) is 4.90 Å². The van der Waals surface area contributed by atoms with Crippen LogP contribution in [0.25, 0.3) is 0 Å². The first-order chi connectivity index (χ1) is 5.49. The second kappa shape index (κ2) is 4.85. The molecule has 4 heteroatoms. The maximum atomic E-state index is 5.54. The fourth-order valence-electron chi connectivity index (χ4n) is 1.16. The Kier molecular flexibility index (Phi) is 4.47. The van der Waals surface area contributed by atoms with Crippen molar-refractivity contribution in [2.75, 3.05) is 7.05 Å². The molecule has 0 aromatic carbocycles. The second-order valence-corrected chi connectivity index (χ2v) is 3.58. The number of hydrogen-bond acceptors (Lipinski definition) is 2. The monoisotopic (exact) mass is 172 g/mol. The van der Waals surface area contributed by atoms with Crippen LogP contribution in [0.4, 0.5) is 0 Å². The minimum Gasteiger partial charge on any atom is -0.368 e. The van der Waals surface area contributed by atoms with Gasteiger partial charge in [0, 0.05) is 13.1 Å². The Morgan fingerprint density at radius 3 is 2.25 bits per heavy atom. The summed E-state index contributed by atoms with van der Waals surface area (Å²) in [6, 6.07) is 0.386. The summed E-state index contributed by atoms with van der Waals surface area (Å²) in [5.41, 5.74) is 5.54. The van der Waals surface area contributed by atoms with Gasteiger partial charge in [0.15, 0.2) is 0 Å². The van der Waals surface area contributed by atoms with Gasteiger partial charge in [-0.3, -0.25) is 0 Å². The van der Waals surface area contributed by atoms with Crippen LogP contribution < -0.4 is 11.6 Å². The van der Waals surface area contributed by atoms with E-state index >= 15 is 0 Å². The molecule has 0 aromatic heterocycles. The Labute approximate surface area is 74.6 Å². The van der Waals surface area contributed by atoms with E-state index in [1.165, 1.54) is 0 Å². The van der Waals surface area contributed by atoms with Crippen molar-refractivity contribution in [3.05, 3.63) is 0 Å². The average molecular weight is 172 g/mol. The van der Waals surface area contributed by atoms with Gasteiger partial charge >= 0.3 is 0 Å². The Hall–Kier alpha value is -0.930. The van der Waals surface area contributed by atoms with Gasteiger partial charge in [-0.1, -0.05) is 13.8 Å². The summed E-state index contributed by atoms with van der Waals surface area (Å²) in [5.74, 6) is 6.11. The van der Waals surface area contributed by atoms with Crippen molar-refractivity contribution in [2.24, 2.45) is 22.6 Å². The largest absolute Gasteiger partial charge is 0.368 e. The molecular weight excluding hydrogens is 152 g/mol. The lowest BCUT2D eigenvalue weighted by atomic mass is 10.0. The Bertz CT molecular complexity index is 153. The van der Waals surface area contributed by atoms with Gasteiger partial charge in [-0.15, -0.1) is 5.10 Å². The lowest BCUT2D eigenvalue weighted by Crippen LogP contribution is -2.41. The third-order valence-corrected chi connectivity index (χ3v) is 1.97. The summed E-state index contributed by atoms with van der Waals surface area (Å²) >= 11 is 0. The summed E-state index contributed by atoms with van der Waals surface area (Å²) in [5, 5.41) is 3.44. The Morgan fingerprint density at radius 1 is 1.42 bits per heavy atom. The molecule has 0 aliphatic rings. The molecule has 0 saturated heterocycles. The minimum atomic E-state index is 0.386. The van der Waals surface area contributed by atoms with Crippen molar-refractivity contribution in [1.29, 1.82) is 0 Å². The van der Waals surface area contributed by atoms with Crippen molar-refractivity contribution >= 4 is 5.96 Å². The SMILES string of the molecule is CC(C)CC(C)N(C)C(N)=NN. The van der Waals surface area contributed by atoms with Gasteiger partial charge in [-0.25, -0.2) is 0 Å². The molecule has 1 atom stereocenters. The van der Waals surface area contributed by atoms with Crippen LogP contribution in [-0.2, 0) is 0 Å². The highest BCUT2D eigenvalue weighted by Crippen LogP contribution is 2.08. The highest BCUT2D eigenvalue weighted by atomic mass is 15.3. The van der Waals surface area contributed by atoms with Crippen LogP contribution >= 0.6 is 0 Å². The molecule has 0 aromatic rings. The van der Waals surface area contributed by atoms with Gasteiger partial charge in [0.1, 0.15) is 0 Å². The van der Waals surface area contributed by atoms with Crippen LogP contribution in [0.1, 0.15) is 27.2 Å². The van der Waals surface area contributed by atoms with E-state index in [0.29, 0.717) is 17.9 Å². The van der Waals surface area contributed by atoms with E-state index in [1.807, 2.05) is 11.9 Å². The smallest absolute Gasteiger partial charge is 0.213 e. The topological polar surface area (TPSA) is 67.6 Å². The molecule has 0 radical (unpaired) electrons. The quantitative estimate of drug-likeness (QED) is 0.282. The molecule has 0 spiro atoms. The van der Waals surface area contributed by atoms with Gasteiger partial charge in [0.2, 0.25) is 5.96 Å². The summed E-state index contributed by atoms with van der Waals surface area (Å²) < 4.78 is 0. The summed E-state index contributed by atoms with van der Waals surface area (Å²) in [6.45, 7) is 6.47. The van der Waals surface area contributed by atoms with Gasteiger partial charge in [0.25, 0.3) is 0 Å². The third-order valence-electron chi connectivity index (χ3n) is 1.97. The summed E-state index contributed by atoms with van der Waals surface area (Å²) in [6.07, 6.45) is 1.09. The molecule has 0 fully saturated rings. The molecule has 4 N–H and O–H groups in total. The van der Waals surface area contributed by atoms with E-state index in [2.05, 4.69) is 25.9 Å². The molecule has 4 nitrogen and oxygen atoms in total. The predicted octanol–water partition coefficient (Wildman–Crippen LogP) is 0.541. The lowest BCUT2D eigenvalue weighted by Gasteiger charge is -2.26. The molecule has 0 bridgehead atoms. The van der Waals surface area contributed by atoms with Crippen LogP contribution in [0.15, 0.2) is 5.10 Å². The minimum absolute atomic E-state index is 0.386. The van der Waals surface area contributed by atoms with Crippen molar-refractivity contribution in [3.8, 4) is 0 Å². The maximum Gasteiger partial charge on any atom is 0.213 e. The molecule has 0 amide bonds. The lowest BCUT2D eigenvalue weighted by molar-refractivity contribution is 0.329. The standard InChI is InChI=1S/C8H20N4/c1-6(2)5-7(3)12(4)8(9)11-10/h6-7H,5,10H2,1-4H3,(H2,9,11). The van der Waals surface area contributed by atoms with E-state index in [9.17, 15) is 0 Å². The van der Waals surface area contributed by atoms with E-state index in [1.54, 1.807) is 0 Å². The number of nitrogens with two attached hydrogens (primary N) is 2. The number of rotatable bonds is 3. The van der Waals surface area contributed by atoms with Crippen LogP contribution in [0.2, 0.25) is 0 Å². The van der Waals surface area contributed by atoms with Gasteiger partial charge in [0.05, 0.1) is 0 Å². The van der Waals surface area contributed by atoms with Crippen molar-refractivity contribution in [2.45, 2.75) is 33.2 Å². The molecule has 0 saturated carbocycles. The van der Waals surface area contributed by atoms with Crippen molar-refractivity contribution in [3.63, 3.8) is 0 Å². The zero-order valence-corrected chi connectivity index (χ0v) is 8.41. The molecule has 72 valence electrons. The van der Waals surface area contributed by atoms with Crippen LogP contribution in [0.5, 0.6) is 0 Å². The van der Waals surface area contributed by atoms with Crippen molar-refractivity contribution < 1.29 is 0 Å². The zero-order chi connectivity index (χ0) is 9.72. The number of guanidine groups is 1. The van der Waals surface area contributed by atoms with E-state index < -0.39 is 0 Å². The molecule has 0 heterocycles. The van der Waals surface area contributed by atoms with Gasteiger partial charge in [-0.05, 0) is 19.3 Å². The number of hydrogen-bond donors (Lipinski definition) is 2. The van der Waals surface area contributed by atoms with E-state index in [0.717, 1.165) is 6.42 Å². The van der Waals surface area contributed by atoms with Crippen LogP contribution in [-0.4, -0.2) is 23.9 Å². The summed E-state index contributed by atoms with van der Waals surface area (Å²) in [4.78, 5) is 1.89. The first-order valence-electron chi connectivity index (χ1n) is 4.25. The molecule has 1 unspecified atom stereocenters. The van der Waals surface area contributed by atoms with E-state index in [4.69, 9.17) is 11.6 Å². The third kappa shape index (κ3) is 3.46. The highest BCUT2D eigenvalue weighted by Gasteiger charge is 2.12. The van der Waals surface area contributed by atoms with Gasteiger partial charge < -0.3 is 16.5 Å². The second-order valence-electron chi connectivity index (χ2n) is 3.58. The molecular formula is C8H20N4. The van der Waals surface area contributed by atoms with Crippen LogP contribution in [0.3, 0.4) is 0 Å². The average Bonchev–Trinajstić information content (AvgIpc) is 2.00. The number of nitrogens with zero attached hydrogens (tertiary/aromatic N) is 2. The fourth-order valence-corrected chi connectivity index (χ4v) is 1.16. The Morgan fingerprint density at radius 2 is 1.92 bits per heavy atom. The fraction of sp³-hybridized carbons (Fsp3) is 0.875. The highest BCUT2D eigenvalue weighted by molar-refractivity contribution is 5.77. The first-order valence-corrected chi connectivity index (χ1v) is 4.25. The summed E-state index contributed by atoms with van der Waals surface area (Å²) in [7, 11) is 1.90. The molecule has 12 heavy (non-hydrogen) atoms. The number of hydrazone groups is 1. The predicted molar refractivity (Wildman–Crippen MR) is 52.5 cm³/mol. The maximum absolute atomic E-state index is 5.54. The molecule has 0 aliphatic carbocycles. The molecule has 0 aliphatic heterocycles. The first kappa shape index (κ1) is 11.1. The zero-order valence-electron chi connectivity index (χ0n) is 8.41. The molecule has 0 rings (SSSR count). The Balaban J connectivity index is 4.01. The normalized spacial score (nSPS) is 14.9. The van der Waals surface area contributed by atoms with Crippen LogP contribution in [0, 0.1) is 5.92 Å². The van der Waals surface area contributed by atoms with E-state index in [-0.39, 0.29) is 0 Å². The van der Waals surface area contributed by atoms with Gasteiger partial charge in [-0.2, -0.15) is 0 Å².